The topological polar surface area (TPSA) is 71.6 Å². The van der Waals surface area contributed by atoms with Crippen LogP contribution in [0.2, 0.25) is 0 Å². The fourth-order valence-corrected chi connectivity index (χ4v) is 3.32. The molecule has 1 aliphatic heterocycles. The zero-order valence-corrected chi connectivity index (χ0v) is 12.1. The molecule has 6 heteroatoms. The molecule has 2 aromatic rings. The van der Waals surface area contributed by atoms with Crippen molar-refractivity contribution in [3.05, 3.63) is 24.3 Å². The minimum atomic E-state index is -0.183. The molecule has 20 heavy (non-hydrogen) atoms. The number of nitrogens with zero attached hydrogens (tertiary/aromatic N) is 3. The van der Waals surface area contributed by atoms with E-state index in [0.717, 1.165) is 22.3 Å². The number of nitrogens with two attached hydrogens (primary N) is 1. The molecule has 1 aromatic heterocycles. The summed E-state index contributed by atoms with van der Waals surface area (Å²) in [7, 11) is 0. The molecule has 3 rings (SSSR count). The Morgan fingerprint density at radius 3 is 2.90 bits per heavy atom. The lowest BCUT2D eigenvalue weighted by atomic mass is 9.98. The van der Waals surface area contributed by atoms with Gasteiger partial charge in [-0.2, -0.15) is 10.1 Å². The fraction of sp³-hybridized carbons (Fsp3) is 0.357. The number of hydrogen-bond donors (Lipinski definition) is 1. The number of carbonyl (C=O) groups is 1. The Kier molecular flexibility index (Phi) is 3.50. The number of amides is 1. The summed E-state index contributed by atoms with van der Waals surface area (Å²) in [4.78, 5) is 17.0. The van der Waals surface area contributed by atoms with Crippen LogP contribution in [0.25, 0.3) is 10.2 Å². The van der Waals surface area contributed by atoms with Crippen LogP contribution in [0.5, 0.6) is 0 Å². The molecule has 1 aromatic carbocycles. The second-order valence-corrected chi connectivity index (χ2v) is 5.70. The number of para-hydroxylation sites is 1. The zero-order valence-electron chi connectivity index (χ0n) is 11.2. The van der Waals surface area contributed by atoms with Gasteiger partial charge in [0.1, 0.15) is 0 Å². The first kappa shape index (κ1) is 13.2. The minimum absolute atomic E-state index is 0.00800. The van der Waals surface area contributed by atoms with E-state index in [4.69, 9.17) is 5.73 Å². The van der Waals surface area contributed by atoms with Gasteiger partial charge in [0, 0.05) is 0 Å². The number of hydrogen-bond acceptors (Lipinski definition) is 5. The Balaban J connectivity index is 1.97. The lowest BCUT2D eigenvalue weighted by molar-refractivity contribution is -0.119. The van der Waals surface area contributed by atoms with Crippen molar-refractivity contribution in [2.75, 3.05) is 11.6 Å². The molecule has 0 bridgehead atoms. The maximum atomic E-state index is 12.5. The summed E-state index contributed by atoms with van der Waals surface area (Å²) in [5.74, 6) is -0.191. The number of aromatic nitrogens is 1. The molecule has 2 heterocycles. The van der Waals surface area contributed by atoms with E-state index in [2.05, 4.69) is 10.1 Å². The summed E-state index contributed by atoms with van der Waals surface area (Å²) in [6.45, 7) is 2.50. The van der Waals surface area contributed by atoms with E-state index >= 15 is 0 Å². The molecule has 0 radical (unpaired) electrons. The standard InChI is InChI=1S/C14H16N4OS/c1-2-10-9(7-8-15)13(19)18(17-10)14-16-11-5-3-4-6-12(11)20-14/h3-6,9H,2,7-8,15H2,1H3. The third kappa shape index (κ3) is 2.10. The Hall–Kier alpha value is -1.79. The van der Waals surface area contributed by atoms with Gasteiger partial charge in [-0.3, -0.25) is 4.79 Å². The maximum Gasteiger partial charge on any atom is 0.258 e. The van der Waals surface area contributed by atoms with Gasteiger partial charge >= 0.3 is 0 Å². The second-order valence-electron chi connectivity index (χ2n) is 4.69. The molecule has 5 nitrogen and oxygen atoms in total. The van der Waals surface area contributed by atoms with E-state index < -0.39 is 0 Å². The molecule has 0 spiro atoms. The third-order valence-corrected chi connectivity index (χ3v) is 4.43. The van der Waals surface area contributed by atoms with E-state index in [-0.39, 0.29) is 11.8 Å². The van der Waals surface area contributed by atoms with Crippen LogP contribution in [0.1, 0.15) is 19.8 Å². The predicted octanol–water partition coefficient (Wildman–Crippen LogP) is 2.37. The summed E-state index contributed by atoms with van der Waals surface area (Å²) in [6.07, 6.45) is 1.41. The molecule has 2 N–H and O–H groups in total. The lowest BCUT2D eigenvalue weighted by Gasteiger charge is -2.10. The number of benzene rings is 1. The Morgan fingerprint density at radius 2 is 2.20 bits per heavy atom. The van der Waals surface area contributed by atoms with Crippen molar-refractivity contribution < 1.29 is 4.79 Å². The van der Waals surface area contributed by atoms with Crippen LogP contribution >= 0.6 is 11.3 Å². The highest BCUT2D eigenvalue weighted by Crippen LogP contribution is 2.33. The first-order valence-corrected chi connectivity index (χ1v) is 7.53. The van der Waals surface area contributed by atoms with Crippen molar-refractivity contribution in [3.8, 4) is 0 Å². The summed E-state index contributed by atoms with van der Waals surface area (Å²) in [6, 6.07) is 7.85. The van der Waals surface area contributed by atoms with Gasteiger partial charge in [-0.05, 0) is 31.5 Å². The summed E-state index contributed by atoms with van der Waals surface area (Å²) < 4.78 is 1.06. The van der Waals surface area contributed by atoms with Crippen molar-refractivity contribution >= 4 is 38.3 Å². The SMILES string of the molecule is CCC1=NN(c2nc3ccccc3s2)C(=O)C1CCN. The molecule has 1 amide bonds. The van der Waals surface area contributed by atoms with E-state index in [1.165, 1.54) is 16.3 Å². The highest BCUT2D eigenvalue weighted by molar-refractivity contribution is 7.22. The van der Waals surface area contributed by atoms with Crippen LogP contribution < -0.4 is 10.7 Å². The Morgan fingerprint density at radius 1 is 1.40 bits per heavy atom. The second kappa shape index (κ2) is 5.30. The minimum Gasteiger partial charge on any atom is -0.330 e. The smallest absolute Gasteiger partial charge is 0.258 e. The van der Waals surface area contributed by atoms with Crippen molar-refractivity contribution in [3.63, 3.8) is 0 Å². The molecule has 104 valence electrons. The zero-order chi connectivity index (χ0) is 14.1. The normalized spacial score (nSPS) is 18.9. The number of fused-ring (bicyclic) bond motifs is 1. The van der Waals surface area contributed by atoms with Gasteiger partial charge in [-0.1, -0.05) is 30.4 Å². The van der Waals surface area contributed by atoms with Crippen LogP contribution in [0.15, 0.2) is 29.4 Å². The van der Waals surface area contributed by atoms with Crippen LogP contribution in [-0.2, 0) is 4.79 Å². The van der Waals surface area contributed by atoms with Crippen molar-refractivity contribution in [2.45, 2.75) is 19.8 Å². The third-order valence-electron chi connectivity index (χ3n) is 3.42. The fourth-order valence-electron chi connectivity index (χ4n) is 2.40. The van der Waals surface area contributed by atoms with Crippen LogP contribution in [0.4, 0.5) is 5.13 Å². The van der Waals surface area contributed by atoms with E-state index in [0.29, 0.717) is 18.1 Å². The van der Waals surface area contributed by atoms with Gasteiger partial charge in [0.15, 0.2) is 0 Å². The van der Waals surface area contributed by atoms with Crippen LogP contribution in [0.3, 0.4) is 0 Å². The van der Waals surface area contributed by atoms with Gasteiger partial charge in [0.25, 0.3) is 5.91 Å². The van der Waals surface area contributed by atoms with Crippen LogP contribution in [0, 0.1) is 5.92 Å². The average Bonchev–Trinajstić information content (AvgIpc) is 3.01. The van der Waals surface area contributed by atoms with E-state index in [1.807, 2.05) is 31.2 Å². The summed E-state index contributed by atoms with van der Waals surface area (Å²) >= 11 is 1.49. The summed E-state index contributed by atoms with van der Waals surface area (Å²) in [5, 5.41) is 6.53. The van der Waals surface area contributed by atoms with Crippen molar-refractivity contribution in [2.24, 2.45) is 16.8 Å². The van der Waals surface area contributed by atoms with E-state index in [1.54, 1.807) is 0 Å². The first-order chi connectivity index (χ1) is 9.74. The highest BCUT2D eigenvalue weighted by Gasteiger charge is 2.36. The summed E-state index contributed by atoms with van der Waals surface area (Å²) in [5.41, 5.74) is 7.40. The molecule has 1 aliphatic rings. The number of carbonyl (C=O) groups excluding carboxylic acids is 1. The number of thiazole rings is 1. The van der Waals surface area contributed by atoms with Gasteiger partial charge in [-0.25, -0.2) is 4.98 Å². The van der Waals surface area contributed by atoms with Gasteiger partial charge in [-0.15, -0.1) is 0 Å². The molecular formula is C14H16N4OS. The monoisotopic (exact) mass is 288 g/mol. The van der Waals surface area contributed by atoms with Gasteiger partial charge in [0.05, 0.1) is 21.8 Å². The quantitative estimate of drug-likeness (QED) is 0.938. The molecule has 0 fully saturated rings. The first-order valence-electron chi connectivity index (χ1n) is 6.71. The maximum absolute atomic E-state index is 12.5. The molecule has 0 aliphatic carbocycles. The highest BCUT2D eigenvalue weighted by atomic mass is 32.1. The Labute approximate surface area is 121 Å². The predicted molar refractivity (Wildman–Crippen MR) is 82.0 cm³/mol. The number of hydrazone groups is 1. The Bertz CT molecular complexity index is 646. The van der Waals surface area contributed by atoms with Crippen LogP contribution in [-0.4, -0.2) is 23.1 Å². The molecule has 1 unspecified atom stereocenters. The lowest BCUT2D eigenvalue weighted by Crippen LogP contribution is -2.28. The van der Waals surface area contributed by atoms with Gasteiger partial charge in [0.2, 0.25) is 5.13 Å². The largest absolute Gasteiger partial charge is 0.330 e. The van der Waals surface area contributed by atoms with Gasteiger partial charge < -0.3 is 5.73 Å². The molecule has 0 saturated carbocycles. The molecular weight excluding hydrogens is 272 g/mol. The van der Waals surface area contributed by atoms with E-state index in [9.17, 15) is 4.79 Å². The number of rotatable bonds is 4. The van der Waals surface area contributed by atoms with Crippen molar-refractivity contribution in [1.29, 1.82) is 0 Å². The molecule has 1 atom stereocenters. The van der Waals surface area contributed by atoms with Crippen molar-refractivity contribution in [1.82, 2.24) is 4.98 Å². The number of anilines is 1. The average molecular weight is 288 g/mol. The molecule has 0 saturated heterocycles.